The zero-order chi connectivity index (χ0) is 11.4. The van der Waals surface area contributed by atoms with Gasteiger partial charge in [-0.1, -0.05) is 28.9 Å². The van der Waals surface area contributed by atoms with Crippen molar-refractivity contribution in [2.45, 2.75) is 41.5 Å². The molecular formula is C15H20. The van der Waals surface area contributed by atoms with E-state index in [9.17, 15) is 0 Å². The summed E-state index contributed by atoms with van der Waals surface area (Å²) in [5.74, 6) is 0. The summed E-state index contributed by atoms with van der Waals surface area (Å²) in [6.45, 7) is 13.6. The lowest BCUT2D eigenvalue weighted by Crippen LogP contribution is -2.24. The smallest absolute Gasteiger partial charge is 0.0348 e. The Morgan fingerprint density at radius 3 is 2.07 bits per heavy atom. The van der Waals surface area contributed by atoms with E-state index in [1.165, 1.54) is 33.4 Å². The Morgan fingerprint density at radius 1 is 0.867 bits per heavy atom. The highest BCUT2D eigenvalue weighted by atomic mass is 14.4. The third-order valence-corrected chi connectivity index (χ3v) is 4.46. The van der Waals surface area contributed by atoms with Crippen LogP contribution >= 0.6 is 0 Å². The molecule has 2 aliphatic carbocycles. The molecule has 0 bridgehead atoms. The van der Waals surface area contributed by atoms with E-state index < -0.39 is 0 Å². The van der Waals surface area contributed by atoms with Crippen LogP contribution < -0.4 is 0 Å². The summed E-state index contributed by atoms with van der Waals surface area (Å²) in [5.41, 5.74) is 8.99. The van der Waals surface area contributed by atoms with Crippen LogP contribution in [0.3, 0.4) is 0 Å². The van der Waals surface area contributed by atoms with Crippen molar-refractivity contribution in [1.29, 1.82) is 0 Å². The van der Waals surface area contributed by atoms with Gasteiger partial charge < -0.3 is 0 Å². The highest BCUT2D eigenvalue weighted by molar-refractivity contribution is 5.62. The second-order valence-corrected chi connectivity index (χ2v) is 5.13. The van der Waals surface area contributed by atoms with Crippen LogP contribution in [0, 0.1) is 5.41 Å². The number of allylic oxidation sites excluding steroid dienone is 8. The predicted octanol–water partition coefficient (Wildman–Crippen LogP) is 4.57. The fourth-order valence-corrected chi connectivity index (χ4v) is 2.85. The van der Waals surface area contributed by atoms with Crippen LogP contribution in [-0.2, 0) is 0 Å². The van der Waals surface area contributed by atoms with Gasteiger partial charge in [0, 0.05) is 5.41 Å². The molecule has 0 aromatic heterocycles. The third kappa shape index (κ3) is 1.14. The molecule has 0 heterocycles. The molecule has 0 aliphatic heterocycles. The third-order valence-electron chi connectivity index (χ3n) is 4.46. The molecule has 2 rings (SSSR count). The van der Waals surface area contributed by atoms with Crippen molar-refractivity contribution in [3.63, 3.8) is 0 Å². The summed E-state index contributed by atoms with van der Waals surface area (Å²) in [4.78, 5) is 0. The van der Waals surface area contributed by atoms with Gasteiger partial charge in [-0.25, -0.2) is 0 Å². The molecule has 0 N–H and O–H groups in total. The second kappa shape index (κ2) is 2.98. The minimum Gasteiger partial charge on any atom is -0.0589 e. The molecule has 0 fully saturated rings. The molecule has 0 spiro atoms. The molecular weight excluding hydrogens is 180 g/mol. The first-order valence-corrected chi connectivity index (χ1v) is 5.65. The summed E-state index contributed by atoms with van der Waals surface area (Å²) in [5, 5.41) is 0. The van der Waals surface area contributed by atoms with Crippen LogP contribution in [0.25, 0.3) is 0 Å². The molecule has 0 saturated heterocycles. The van der Waals surface area contributed by atoms with Gasteiger partial charge in [0.25, 0.3) is 0 Å². The van der Waals surface area contributed by atoms with Crippen molar-refractivity contribution >= 4 is 0 Å². The Morgan fingerprint density at radius 2 is 1.47 bits per heavy atom. The number of rotatable bonds is 0. The van der Waals surface area contributed by atoms with E-state index >= 15 is 0 Å². The van der Waals surface area contributed by atoms with E-state index in [4.69, 9.17) is 0 Å². The van der Waals surface area contributed by atoms with Gasteiger partial charge in [-0.3, -0.25) is 0 Å². The highest BCUT2D eigenvalue weighted by Gasteiger charge is 2.40. The lowest BCUT2D eigenvalue weighted by molar-refractivity contribution is 0.580. The van der Waals surface area contributed by atoms with E-state index in [1.54, 1.807) is 0 Å². The normalized spacial score (nSPS) is 30.5. The van der Waals surface area contributed by atoms with Gasteiger partial charge in [0.05, 0.1) is 0 Å². The Balaban J connectivity index is 2.70. The van der Waals surface area contributed by atoms with Gasteiger partial charge in [0.1, 0.15) is 0 Å². The Hall–Kier alpha value is -1.04. The largest absolute Gasteiger partial charge is 0.0589 e. The van der Waals surface area contributed by atoms with Crippen LogP contribution in [0.15, 0.2) is 45.6 Å². The van der Waals surface area contributed by atoms with Gasteiger partial charge in [-0.05, 0) is 58.3 Å². The number of fused-ring (bicyclic) bond motifs is 1. The summed E-state index contributed by atoms with van der Waals surface area (Å²) >= 11 is 0. The SMILES string of the molecule is CC1=CC(C)=C(C)C2=CC(C)=C(C)[C@@]12C. The topological polar surface area (TPSA) is 0 Å². The molecule has 0 heteroatoms. The van der Waals surface area contributed by atoms with Gasteiger partial charge >= 0.3 is 0 Å². The fourth-order valence-electron chi connectivity index (χ4n) is 2.85. The van der Waals surface area contributed by atoms with Crippen LogP contribution in [0.5, 0.6) is 0 Å². The van der Waals surface area contributed by atoms with Gasteiger partial charge in [-0.15, -0.1) is 0 Å². The number of hydrogen-bond acceptors (Lipinski definition) is 0. The molecule has 2 aliphatic rings. The van der Waals surface area contributed by atoms with Crippen molar-refractivity contribution < 1.29 is 0 Å². The molecule has 1 atom stereocenters. The molecule has 0 amide bonds. The van der Waals surface area contributed by atoms with Crippen LogP contribution in [0.1, 0.15) is 41.5 Å². The van der Waals surface area contributed by atoms with E-state index in [0.717, 1.165) is 0 Å². The van der Waals surface area contributed by atoms with Crippen molar-refractivity contribution in [1.82, 2.24) is 0 Å². The van der Waals surface area contributed by atoms with Crippen molar-refractivity contribution in [2.75, 3.05) is 0 Å². The summed E-state index contributed by atoms with van der Waals surface area (Å²) in [6, 6.07) is 0. The predicted molar refractivity (Wildman–Crippen MR) is 66.7 cm³/mol. The maximum absolute atomic E-state index is 2.37. The molecule has 0 saturated carbocycles. The van der Waals surface area contributed by atoms with Gasteiger partial charge in [-0.2, -0.15) is 0 Å². The average molecular weight is 200 g/mol. The van der Waals surface area contributed by atoms with Crippen LogP contribution in [-0.4, -0.2) is 0 Å². The second-order valence-electron chi connectivity index (χ2n) is 5.13. The van der Waals surface area contributed by atoms with Crippen molar-refractivity contribution in [2.24, 2.45) is 5.41 Å². The quantitative estimate of drug-likeness (QED) is 0.537. The summed E-state index contributed by atoms with van der Waals surface area (Å²) in [7, 11) is 0. The van der Waals surface area contributed by atoms with E-state index in [2.05, 4.69) is 53.7 Å². The Labute approximate surface area is 93.1 Å². The fraction of sp³-hybridized carbons (Fsp3) is 0.467. The summed E-state index contributed by atoms with van der Waals surface area (Å²) in [6.07, 6.45) is 4.71. The molecule has 15 heavy (non-hydrogen) atoms. The molecule has 0 unspecified atom stereocenters. The maximum atomic E-state index is 2.37. The first-order chi connectivity index (χ1) is 6.89. The Kier molecular flexibility index (Phi) is 2.08. The van der Waals surface area contributed by atoms with Crippen molar-refractivity contribution in [3.05, 3.63) is 45.6 Å². The van der Waals surface area contributed by atoms with Gasteiger partial charge in [0.2, 0.25) is 0 Å². The standard InChI is InChI=1S/C15H20/c1-9-7-11(3)15(6)13(5)10(2)8-14(15)12(9)4/h7-8H,1-6H3/t15-/m1/s1. The molecule has 0 aromatic carbocycles. The first kappa shape index (κ1) is 10.5. The van der Waals surface area contributed by atoms with E-state index in [-0.39, 0.29) is 5.41 Å². The monoisotopic (exact) mass is 200 g/mol. The van der Waals surface area contributed by atoms with Crippen molar-refractivity contribution in [3.8, 4) is 0 Å². The minimum absolute atomic E-state index is 0.174. The molecule has 80 valence electrons. The van der Waals surface area contributed by atoms with Crippen LogP contribution in [0.2, 0.25) is 0 Å². The minimum atomic E-state index is 0.174. The van der Waals surface area contributed by atoms with Gasteiger partial charge in [0.15, 0.2) is 0 Å². The Bertz CT molecular complexity index is 452. The average Bonchev–Trinajstić information content (AvgIpc) is 2.41. The first-order valence-electron chi connectivity index (χ1n) is 5.65. The number of hydrogen-bond donors (Lipinski definition) is 0. The highest BCUT2D eigenvalue weighted by Crippen LogP contribution is 2.53. The lowest BCUT2D eigenvalue weighted by Gasteiger charge is -2.36. The zero-order valence-corrected chi connectivity index (χ0v) is 10.7. The maximum Gasteiger partial charge on any atom is 0.0348 e. The molecule has 0 radical (unpaired) electrons. The lowest BCUT2D eigenvalue weighted by atomic mass is 9.67. The molecule has 0 nitrogen and oxygen atoms in total. The van der Waals surface area contributed by atoms with Crippen LogP contribution in [0.4, 0.5) is 0 Å². The summed E-state index contributed by atoms with van der Waals surface area (Å²) < 4.78 is 0. The van der Waals surface area contributed by atoms with E-state index in [0.29, 0.717) is 0 Å². The molecule has 0 aromatic rings. The zero-order valence-electron chi connectivity index (χ0n) is 10.7. The van der Waals surface area contributed by atoms with E-state index in [1.807, 2.05) is 0 Å².